The number of nitrogens with zero attached hydrogens (tertiary/aromatic N) is 1. The fraction of sp³-hybridized carbons (Fsp3) is 0.400. The van der Waals surface area contributed by atoms with E-state index in [0.717, 1.165) is 26.1 Å². The zero-order valence-corrected chi connectivity index (χ0v) is 15.2. The van der Waals surface area contributed by atoms with Gasteiger partial charge in [-0.2, -0.15) is 0 Å². The average molecular weight is 364 g/mol. The molecule has 24 heavy (non-hydrogen) atoms. The second-order valence-corrected chi connectivity index (χ2v) is 7.33. The van der Waals surface area contributed by atoms with Gasteiger partial charge < -0.3 is 5.11 Å². The quantitative estimate of drug-likeness (QED) is 0.815. The van der Waals surface area contributed by atoms with E-state index in [1.807, 2.05) is 12.1 Å². The molecule has 0 unspecified atom stereocenters. The van der Waals surface area contributed by atoms with Crippen LogP contribution in [0.25, 0.3) is 0 Å². The van der Waals surface area contributed by atoms with Crippen LogP contribution in [0.3, 0.4) is 0 Å². The van der Waals surface area contributed by atoms with Gasteiger partial charge in [-0.15, -0.1) is 0 Å². The number of halogens is 2. The zero-order chi connectivity index (χ0) is 16.9. The van der Waals surface area contributed by atoms with E-state index >= 15 is 0 Å². The second kappa shape index (κ2) is 8.35. The predicted molar refractivity (Wildman–Crippen MR) is 101 cm³/mol. The molecular formula is C20H23Cl2NO. The molecule has 0 bridgehead atoms. The van der Waals surface area contributed by atoms with Gasteiger partial charge in [0.25, 0.3) is 0 Å². The molecule has 1 heterocycles. The van der Waals surface area contributed by atoms with Gasteiger partial charge in [-0.25, -0.2) is 0 Å². The third-order valence-electron chi connectivity index (χ3n) is 4.83. The minimum atomic E-state index is 0.215. The van der Waals surface area contributed by atoms with Gasteiger partial charge in [0, 0.05) is 13.2 Å². The second-order valence-electron chi connectivity index (χ2n) is 6.51. The van der Waals surface area contributed by atoms with Crippen molar-refractivity contribution in [3.05, 3.63) is 69.2 Å². The number of benzene rings is 2. The van der Waals surface area contributed by atoms with Crippen molar-refractivity contribution in [3.8, 4) is 0 Å². The van der Waals surface area contributed by atoms with Crippen LogP contribution in [0.1, 0.15) is 35.4 Å². The summed E-state index contributed by atoms with van der Waals surface area (Å²) < 4.78 is 0. The van der Waals surface area contributed by atoms with Crippen LogP contribution in [0.4, 0.5) is 0 Å². The minimum Gasteiger partial charge on any atom is -0.396 e. The molecule has 0 atom stereocenters. The molecule has 2 nitrogen and oxygen atoms in total. The van der Waals surface area contributed by atoms with Crippen molar-refractivity contribution in [2.24, 2.45) is 0 Å². The number of rotatable bonds is 5. The summed E-state index contributed by atoms with van der Waals surface area (Å²) in [5, 5.41) is 10.2. The Kier molecular flexibility index (Phi) is 6.18. The molecule has 3 rings (SSSR count). The molecule has 128 valence electrons. The molecule has 0 spiro atoms. The van der Waals surface area contributed by atoms with Gasteiger partial charge in [-0.3, -0.25) is 4.90 Å². The summed E-state index contributed by atoms with van der Waals surface area (Å²) in [5.41, 5.74) is 3.85. The number of hydrogen-bond donors (Lipinski definition) is 1. The van der Waals surface area contributed by atoms with Crippen molar-refractivity contribution in [2.75, 3.05) is 19.7 Å². The summed E-state index contributed by atoms with van der Waals surface area (Å²) >= 11 is 12.1. The van der Waals surface area contributed by atoms with Gasteiger partial charge >= 0.3 is 0 Å². The standard InChI is InChI=1S/C20H23Cl2NO/c21-19-6-3-16(13-20(19)22)14-23-10-7-18(8-11-23)17-4-1-15(2-5-17)9-12-24/h1-6,13,18,24H,7-12,14H2. The van der Waals surface area contributed by atoms with Crippen molar-refractivity contribution in [1.29, 1.82) is 0 Å². The van der Waals surface area contributed by atoms with Gasteiger partial charge in [0.15, 0.2) is 0 Å². The molecule has 0 amide bonds. The lowest BCUT2D eigenvalue weighted by Crippen LogP contribution is -2.32. The maximum absolute atomic E-state index is 9.00. The van der Waals surface area contributed by atoms with Gasteiger partial charge in [0.05, 0.1) is 10.0 Å². The molecule has 1 fully saturated rings. The number of aliphatic hydroxyl groups excluding tert-OH is 1. The average Bonchev–Trinajstić information content (AvgIpc) is 2.60. The van der Waals surface area contributed by atoms with E-state index in [1.165, 1.54) is 29.5 Å². The lowest BCUT2D eigenvalue weighted by Gasteiger charge is -2.32. The molecule has 4 heteroatoms. The van der Waals surface area contributed by atoms with E-state index < -0.39 is 0 Å². The van der Waals surface area contributed by atoms with Crippen molar-refractivity contribution >= 4 is 23.2 Å². The lowest BCUT2D eigenvalue weighted by atomic mass is 9.88. The van der Waals surface area contributed by atoms with E-state index in [-0.39, 0.29) is 6.61 Å². The maximum atomic E-state index is 9.00. The minimum absolute atomic E-state index is 0.215. The summed E-state index contributed by atoms with van der Waals surface area (Å²) in [6, 6.07) is 14.6. The Morgan fingerprint density at radius 2 is 1.58 bits per heavy atom. The highest BCUT2D eigenvalue weighted by Crippen LogP contribution is 2.29. The highest BCUT2D eigenvalue weighted by molar-refractivity contribution is 6.42. The Bertz CT molecular complexity index is 664. The SMILES string of the molecule is OCCc1ccc(C2CCN(Cc3ccc(Cl)c(Cl)c3)CC2)cc1. The normalized spacial score (nSPS) is 16.5. The number of hydrogen-bond acceptors (Lipinski definition) is 2. The largest absolute Gasteiger partial charge is 0.396 e. The highest BCUT2D eigenvalue weighted by Gasteiger charge is 2.20. The lowest BCUT2D eigenvalue weighted by molar-refractivity contribution is 0.204. The van der Waals surface area contributed by atoms with E-state index in [4.69, 9.17) is 28.3 Å². The van der Waals surface area contributed by atoms with Gasteiger partial charge in [0.1, 0.15) is 0 Å². The molecule has 1 aliphatic rings. The van der Waals surface area contributed by atoms with Crippen molar-refractivity contribution in [2.45, 2.75) is 31.7 Å². The fourth-order valence-electron chi connectivity index (χ4n) is 3.41. The van der Waals surface area contributed by atoms with E-state index in [9.17, 15) is 0 Å². The first-order chi connectivity index (χ1) is 11.7. The van der Waals surface area contributed by atoms with Crippen LogP contribution in [-0.4, -0.2) is 29.7 Å². The van der Waals surface area contributed by atoms with E-state index in [0.29, 0.717) is 16.0 Å². The fourth-order valence-corrected chi connectivity index (χ4v) is 3.73. The Labute approximate surface area is 154 Å². The van der Waals surface area contributed by atoms with Crippen LogP contribution < -0.4 is 0 Å². The van der Waals surface area contributed by atoms with Crippen LogP contribution in [0.5, 0.6) is 0 Å². The smallest absolute Gasteiger partial charge is 0.0595 e. The van der Waals surface area contributed by atoms with Crippen molar-refractivity contribution < 1.29 is 5.11 Å². The molecule has 0 aliphatic carbocycles. The van der Waals surface area contributed by atoms with Crippen LogP contribution >= 0.6 is 23.2 Å². The molecule has 1 saturated heterocycles. The molecule has 0 radical (unpaired) electrons. The molecule has 2 aromatic carbocycles. The number of aliphatic hydroxyl groups is 1. The first-order valence-electron chi connectivity index (χ1n) is 8.51. The van der Waals surface area contributed by atoms with Gasteiger partial charge in [-0.1, -0.05) is 53.5 Å². The predicted octanol–water partition coefficient (Wildman–Crippen LogP) is 4.91. The summed E-state index contributed by atoms with van der Waals surface area (Å²) in [6.07, 6.45) is 3.10. The summed E-state index contributed by atoms with van der Waals surface area (Å²) in [6.45, 7) is 3.35. The zero-order valence-electron chi connectivity index (χ0n) is 13.7. The van der Waals surface area contributed by atoms with E-state index in [1.54, 1.807) is 0 Å². The Morgan fingerprint density at radius 1 is 0.917 bits per heavy atom. The molecular weight excluding hydrogens is 341 g/mol. The summed E-state index contributed by atoms with van der Waals surface area (Å²) in [7, 11) is 0. The van der Waals surface area contributed by atoms with Crippen LogP contribution in [0.2, 0.25) is 10.0 Å². The molecule has 2 aromatic rings. The number of likely N-dealkylation sites (tertiary alicyclic amines) is 1. The van der Waals surface area contributed by atoms with Gasteiger partial charge in [0.2, 0.25) is 0 Å². The highest BCUT2D eigenvalue weighted by atomic mass is 35.5. The molecule has 1 aliphatic heterocycles. The monoisotopic (exact) mass is 363 g/mol. The number of piperidine rings is 1. The van der Waals surface area contributed by atoms with Crippen LogP contribution in [-0.2, 0) is 13.0 Å². The Balaban J connectivity index is 1.54. The molecule has 1 N–H and O–H groups in total. The third-order valence-corrected chi connectivity index (χ3v) is 5.57. The Hall–Kier alpha value is -1.06. The van der Waals surface area contributed by atoms with Crippen molar-refractivity contribution in [3.63, 3.8) is 0 Å². The third kappa shape index (κ3) is 4.52. The maximum Gasteiger partial charge on any atom is 0.0595 e. The molecule has 0 saturated carbocycles. The van der Waals surface area contributed by atoms with E-state index in [2.05, 4.69) is 35.2 Å². The summed E-state index contributed by atoms with van der Waals surface area (Å²) in [4.78, 5) is 2.48. The summed E-state index contributed by atoms with van der Waals surface area (Å²) in [5.74, 6) is 0.637. The topological polar surface area (TPSA) is 23.5 Å². The first-order valence-corrected chi connectivity index (χ1v) is 9.27. The van der Waals surface area contributed by atoms with Gasteiger partial charge in [-0.05, 0) is 67.1 Å². The first kappa shape index (κ1) is 17.8. The van der Waals surface area contributed by atoms with Crippen LogP contribution in [0.15, 0.2) is 42.5 Å². The Morgan fingerprint density at radius 3 is 2.21 bits per heavy atom. The molecule has 0 aromatic heterocycles. The van der Waals surface area contributed by atoms with Crippen LogP contribution in [0, 0.1) is 0 Å². The van der Waals surface area contributed by atoms with Crippen molar-refractivity contribution in [1.82, 2.24) is 4.90 Å².